The molecule has 0 bridgehead atoms. The van der Waals surface area contributed by atoms with Gasteiger partial charge in [-0.2, -0.15) is 0 Å². The second-order valence-electron chi connectivity index (χ2n) is 5.59. The third-order valence-electron chi connectivity index (χ3n) is 4.34. The molecule has 0 aliphatic heterocycles. The summed E-state index contributed by atoms with van der Waals surface area (Å²) in [5.74, 6) is -1.33. The third-order valence-corrected chi connectivity index (χ3v) is 4.34. The predicted octanol–water partition coefficient (Wildman–Crippen LogP) is 1.94. The fourth-order valence-electron chi connectivity index (χ4n) is 2.83. The number of hydrogen-bond donors (Lipinski definition) is 3. The molecule has 114 valence electrons. The largest absolute Gasteiger partial charge is 0.505 e. The van der Waals surface area contributed by atoms with Gasteiger partial charge in [0.1, 0.15) is 11.3 Å². The van der Waals surface area contributed by atoms with Crippen LogP contribution in [0.1, 0.15) is 49.4 Å². The average molecular weight is 292 g/mol. The lowest BCUT2D eigenvalue weighted by Crippen LogP contribution is -2.56. The number of hydrogen-bond acceptors (Lipinski definition) is 4. The van der Waals surface area contributed by atoms with Gasteiger partial charge in [-0.15, -0.1) is 0 Å². The van der Waals surface area contributed by atoms with Crippen LogP contribution in [0.3, 0.4) is 0 Å². The molecule has 0 spiro atoms. The molecule has 0 unspecified atom stereocenters. The van der Waals surface area contributed by atoms with Gasteiger partial charge in [0.2, 0.25) is 0 Å². The minimum Gasteiger partial charge on any atom is -0.505 e. The lowest BCUT2D eigenvalue weighted by atomic mass is 9.75. The van der Waals surface area contributed by atoms with Gasteiger partial charge in [0.15, 0.2) is 0 Å². The van der Waals surface area contributed by atoms with Gasteiger partial charge >= 0.3 is 5.97 Å². The van der Waals surface area contributed by atoms with Crippen LogP contribution in [0.25, 0.3) is 0 Å². The first kappa shape index (κ1) is 15.3. The van der Waals surface area contributed by atoms with E-state index in [0.717, 1.165) is 25.5 Å². The van der Waals surface area contributed by atoms with E-state index in [1.807, 2.05) is 0 Å². The first-order valence-electron chi connectivity index (χ1n) is 7.17. The first-order valence-corrected chi connectivity index (χ1v) is 7.17. The van der Waals surface area contributed by atoms with E-state index >= 15 is 0 Å². The Bertz CT molecular complexity index is 536. The van der Waals surface area contributed by atoms with Crippen LogP contribution < -0.4 is 5.32 Å². The van der Waals surface area contributed by atoms with Gasteiger partial charge in [0.25, 0.3) is 5.91 Å². The molecule has 0 saturated heterocycles. The number of rotatable bonds is 4. The second-order valence-corrected chi connectivity index (χ2v) is 5.59. The van der Waals surface area contributed by atoms with Gasteiger partial charge < -0.3 is 15.5 Å². The summed E-state index contributed by atoms with van der Waals surface area (Å²) in [5.41, 5.74) is -1.19. The molecule has 1 aliphatic carbocycles. The Morgan fingerprint density at radius 3 is 2.62 bits per heavy atom. The summed E-state index contributed by atoms with van der Waals surface area (Å²) in [6.07, 6.45) is 5.97. The maximum absolute atomic E-state index is 12.2. The lowest BCUT2D eigenvalue weighted by Gasteiger charge is -2.37. The lowest BCUT2D eigenvalue weighted by molar-refractivity contribution is -0.146. The Kier molecular flexibility index (Phi) is 4.45. The van der Waals surface area contributed by atoms with E-state index in [9.17, 15) is 19.8 Å². The minimum absolute atomic E-state index is 0.0447. The van der Waals surface area contributed by atoms with Crippen molar-refractivity contribution in [1.29, 1.82) is 0 Å². The number of carbonyl (C=O) groups excluding carboxylic acids is 1. The molecule has 3 N–H and O–H groups in total. The number of carbonyl (C=O) groups is 2. The molecule has 2 rings (SSSR count). The van der Waals surface area contributed by atoms with E-state index in [-0.39, 0.29) is 11.3 Å². The molecule has 1 heterocycles. The maximum atomic E-state index is 12.2. The van der Waals surface area contributed by atoms with Crippen molar-refractivity contribution in [3.05, 3.63) is 24.0 Å². The number of amides is 1. The zero-order chi connectivity index (χ0) is 15.5. The van der Waals surface area contributed by atoms with Gasteiger partial charge in [-0.1, -0.05) is 13.3 Å². The molecule has 1 saturated carbocycles. The summed E-state index contributed by atoms with van der Waals surface area (Å²) in [5, 5.41) is 21.8. The summed E-state index contributed by atoms with van der Waals surface area (Å²) in [6.45, 7) is 2.09. The number of carboxylic acid groups (broad SMARTS) is 1. The topological polar surface area (TPSA) is 99.5 Å². The fraction of sp³-hybridized carbons (Fsp3) is 0.533. The maximum Gasteiger partial charge on any atom is 0.329 e. The van der Waals surface area contributed by atoms with Crippen molar-refractivity contribution >= 4 is 11.9 Å². The fourth-order valence-corrected chi connectivity index (χ4v) is 2.83. The summed E-state index contributed by atoms with van der Waals surface area (Å²) in [6, 6.07) is 1.37. The Balaban J connectivity index is 2.16. The number of carboxylic acids is 1. The summed E-state index contributed by atoms with van der Waals surface area (Å²) in [7, 11) is 0. The molecule has 1 aromatic rings. The molecule has 1 aliphatic rings. The van der Waals surface area contributed by atoms with Crippen molar-refractivity contribution in [2.24, 2.45) is 5.92 Å². The van der Waals surface area contributed by atoms with Crippen molar-refractivity contribution < 1.29 is 19.8 Å². The van der Waals surface area contributed by atoms with E-state index in [2.05, 4.69) is 17.2 Å². The van der Waals surface area contributed by atoms with Crippen LogP contribution in [-0.2, 0) is 4.79 Å². The molecule has 6 nitrogen and oxygen atoms in total. The van der Waals surface area contributed by atoms with E-state index in [1.165, 1.54) is 12.3 Å². The molecular formula is C15H20N2O4. The van der Waals surface area contributed by atoms with Gasteiger partial charge in [-0.25, -0.2) is 4.79 Å². The Hall–Kier alpha value is -2.11. The Morgan fingerprint density at radius 2 is 2.10 bits per heavy atom. The van der Waals surface area contributed by atoms with Crippen molar-refractivity contribution in [3.8, 4) is 5.75 Å². The van der Waals surface area contributed by atoms with E-state index in [0.29, 0.717) is 18.8 Å². The monoisotopic (exact) mass is 292 g/mol. The van der Waals surface area contributed by atoms with Crippen molar-refractivity contribution in [2.45, 2.75) is 44.6 Å². The number of aromatic hydroxyl groups is 1. The van der Waals surface area contributed by atoms with Gasteiger partial charge in [0.05, 0.1) is 11.8 Å². The van der Waals surface area contributed by atoms with E-state index in [4.69, 9.17) is 0 Å². The number of pyridine rings is 1. The molecule has 6 heteroatoms. The van der Waals surface area contributed by atoms with Crippen LogP contribution in [0, 0.1) is 5.92 Å². The highest BCUT2D eigenvalue weighted by atomic mass is 16.4. The smallest absolute Gasteiger partial charge is 0.329 e. The number of nitrogens with zero attached hydrogens (tertiary/aromatic N) is 1. The number of aliphatic carboxylic acids is 1. The third kappa shape index (κ3) is 3.15. The zero-order valence-corrected chi connectivity index (χ0v) is 12.0. The summed E-state index contributed by atoms with van der Waals surface area (Å²) >= 11 is 0. The van der Waals surface area contributed by atoms with E-state index < -0.39 is 17.4 Å². The second kappa shape index (κ2) is 6.11. The van der Waals surface area contributed by atoms with Gasteiger partial charge in [-0.05, 0) is 37.7 Å². The summed E-state index contributed by atoms with van der Waals surface area (Å²) in [4.78, 5) is 27.6. The van der Waals surface area contributed by atoms with Crippen LogP contribution >= 0.6 is 0 Å². The molecule has 1 fully saturated rings. The molecular weight excluding hydrogens is 272 g/mol. The number of nitrogens with one attached hydrogen (secondary N) is 1. The van der Waals surface area contributed by atoms with Gasteiger partial charge in [-0.3, -0.25) is 9.78 Å². The minimum atomic E-state index is -1.24. The Labute approximate surface area is 123 Å². The molecule has 1 amide bonds. The standard InChI is InChI=1S/C15H20N2O4/c1-2-10-3-6-15(7-4-10,14(20)21)17-13(19)11-5-8-16-9-12(11)18/h5,8-10,18H,2-4,6-7H2,1H3,(H,17,19)(H,20,21). The first-order chi connectivity index (χ1) is 9.98. The van der Waals surface area contributed by atoms with Crippen molar-refractivity contribution in [3.63, 3.8) is 0 Å². The molecule has 1 aromatic heterocycles. The highest BCUT2D eigenvalue weighted by Crippen LogP contribution is 2.34. The van der Waals surface area contributed by atoms with Crippen molar-refractivity contribution in [2.75, 3.05) is 0 Å². The molecule has 0 atom stereocenters. The van der Waals surface area contributed by atoms with Crippen LogP contribution in [0.4, 0.5) is 0 Å². The highest BCUT2D eigenvalue weighted by Gasteiger charge is 2.43. The highest BCUT2D eigenvalue weighted by molar-refractivity contribution is 5.99. The normalized spacial score (nSPS) is 25.3. The van der Waals surface area contributed by atoms with Gasteiger partial charge in [0, 0.05) is 6.20 Å². The van der Waals surface area contributed by atoms with Crippen LogP contribution in [0.15, 0.2) is 18.5 Å². The Morgan fingerprint density at radius 1 is 1.43 bits per heavy atom. The predicted molar refractivity (Wildman–Crippen MR) is 76.0 cm³/mol. The van der Waals surface area contributed by atoms with Crippen molar-refractivity contribution in [1.82, 2.24) is 10.3 Å². The molecule has 0 radical (unpaired) electrons. The van der Waals surface area contributed by atoms with Crippen LogP contribution in [-0.4, -0.2) is 32.6 Å². The molecule has 0 aromatic carbocycles. The quantitative estimate of drug-likeness (QED) is 0.787. The van der Waals surface area contributed by atoms with Crippen LogP contribution in [0.2, 0.25) is 0 Å². The SMILES string of the molecule is CCC1CCC(NC(=O)c2ccncc2O)(C(=O)O)CC1. The van der Waals surface area contributed by atoms with E-state index in [1.54, 1.807) is 0 Å². The number of aromatic nitrogens is 1. The average Bonchev–Trinajstić information content (AvgIpc) is 2.48. The van der Waals surface area contributed by atoms with Crippen LogP contribution in [0.5, 0.6) is 5.75 Å². The summed E-state index contributed by atoms with van der Waals surface area (Å²) < 4.78 is 0. The molecule has 21 heavy (non-hydrogen) atoms. The zero-order valence-electron chi connectivity index (χ0n) is 12.0.